The van der Waals surface area contributed by atoms with Gasteiger partial charge in [-0.05, 0) is 0 Å². The Labute approximate surface area is 207 Å². The normalized spacial score (nSPS) is 18.5. The molecule has 34 heavy (non-hydrogen) atoms. The minimum atomic E-state index is -0.870. The van der Waals surface area contributed by atoms with Crippen molar-refractivity contribution in [2.24, 2.45) is 0 Å². The number of carbonyl (C=O) groups is 1. The van der Waals surface area contributed by atoms with Crippen LogP contribution in [0.3, 0.4) is 0 Å². The zero-order chi connectivity index (χ0) is 23.7. The molecule has 1 aliphatic heterocycles. The van der Waals surface area contributed by atoms with Crippen molar-refractivity contribution in [1.29, 1.82) is 0 Å². The van der Waals surface area contributed by atoms with Crippen LogP contribution in [0.25, 0.3) is 10.8 Å². The fraction of sp³-hybridized carbons (Fsp3) is 0.233. The van der Waals surface area contributed by atoms with Crippen molar-refractivity contribution < 1.29 is 14.6 Å². The molecule has 1 aliphatic rings. The van der Waals surface area contributed by atoms with Crippen LogP contribution in [0, 0.1) is 6.92 Å². The van der Waals surface area contributed by atoms with E-state index in [1.54, 1.807) is 0 Å². The average molecular weight is 511 g/mol. The molecular weight excluding hydrogens is 483 g/mol. The molecule has 0 fully saturated rings. The van der Waals surface area contributed by atoms with Gasteiger partial charge in [0.25, 0.3) is 0 Å². The standard InChI is InChI=1S/C30H28AsO3/c1-19-14-15-22(16-27(19)30(32)33)28-17-23(34-29-13-6-5-11-26(28)29)18-31-20(2)24-12-7-9-21-8-3-4-10-25(21)24/h3-16,20,23,28H,17-18H2,1-2H3,(H,32,33)/t20-,23-,28-/m1/s1. The Kier molecular flexibility index (Phi) is 6.48. The zero-order valence-corrected chi connectivity index (χ0v) is 21.3. The Hall–Kier alpha value is -3.03. The second-order valence-corrected chi connectivity index (χ2v) is 12.2. The molecule has 0 aromatic heterocycles. The Morgan fingerprint density at radius 1 is 1.03 bits per heavy atom. The number of para-hydroxylation sites is 1. The molecule has 0 saturated carbocycles. The van der Waals surface area contributed by atoms with Crippen LogP contribution in [0.5, 0.6) is 5.75 Å². The van der Waals surface area contributed by atoms with Crippen molar-refractivity contribution in [3.05, 3.63) is 113 Å². The minimum absolute atomic E-state index is 0.0345. The molecule has 4 aromatic rings. The van der Waals surface area contributed by atoms with Gasteiger partial charge in [0.2, 0.25) is 0 Å². The number of hydrogen-bond acceptors (Lipinski definition) is 2. The molecule has 0 spiro atoms. The summed E-state index contributed by atoms with van der Waals surface area (Å²) < 4.78 is 6.98. The van der Waals surface area contributed by atoms with E-state index in [0.29, 0.717) is 10.3 Å². The SMILES string of the molecule is Cc1ccc([C@H]2C[C@H](C[As][C@H](C)c3cccc4ccccc34)Oc3ccccc32)cc1C(=O)O. The molecule has 3 atom stereocenters. The summed E-state index contributed by atoms with van der Waals surface area (Å²) in [6.45, 7) is 4.20. The first-order valence-corrected chi connectivity index (χ1v) is 14.2. The second kappa shape index (κ2) is 9.68. The van der Waals surface area contributed by atoms with Gasteiger partial charge >= 0.3 is 208 Å². The van der Waals surface area contributed by atoms with Gasteiger partial charge in [-0.3, -0.25) is 0 Å². The third-order valence-corrected chi connectivity index (χ3v) is 9.87. The first kappa shape index (κ1) is 22.7. The number of carboxylic acid groups (broad SMARTS) is 1. The van der Waals surface area contributed by atoms with E-state index in [0.717, 1.165) is 34.1 Å². The van der Waals surface area contributed by atoms with Crippen LogP contribution < -0.4 is 4.74 Å². The summed E-state index contributed by atoms with van der Waals surface area (Å²) in [7, 11) is 0. The Morgan fingerprint density at radius 2 is 1.79 bits per heavy atom. The summed E-state index contributed by atoms with van der Waals surface area (Å²) in [5.41, 5.74) is 4.81. The van der Waals surface area contributed by atoms with Crippen molar-refractivity contribution in [2.75, 3.05) is 0 Å². The Balaban J connectivity index is 1.39. The number of ether oxygens (including phenoxy) is 1. The Bertz CT molecular complexity index is 1340. The molecule has 4 aromatic carbocycles. The van der Waals surface area contributed by atoms with Crippen molar-refractivity contribution >= 4 is 32.5 Å². The van der Waals surface area contributed by atoms with Gasteiger partial charge < -0.3 is 0 Å². The molecule has 5 rings (SSSR count). The predicted octanol–water partition coefficient (Wildman–Crippen LogP) is 7.01. The number of aromatic carboxylic acids is 1. The van der Waals surface area contributed by atoms with Gasteiger partial charge in [0.1, 0.15) is 0 Å². The third-order valence-electron chi connectivity index (χ3n) is 6.84. The molecule has 171 valence electrons. The van der Waals surface area contributed by atoms with E-state index in [1.165, 1.54) is 16.3 Å². The van der Waals surface area contributed by atoms with E-state index in [4.69, 9.17) is 4.74 Å². The van der Waals surface area contributed by atoms with Crippen LogP contribution in [0.1, 0.15) is 56.6 Å². The van der Waals surface area contributed by atoms with E-state index >= 15 is 0 Å². The molecule has 3 nitrogen and oxygen atoms in total. The zero-order valence-electron chi connectivity index (χ0n) is 19.4. The third kappa shape index (κ3) is 4.50. The molecule has 4 heteroatoms. The Morgan fingerprint density at radius 3 is 2.65 bits per heavy atom. The van der Waals surface area contributed by atoms with Gasteiger partial charge in [0.15, 0.2) is 0 Å². The molecule has 0 bridgehead atoms. The van der Waals surface area contributed by atoms with Gasteiger partial charge in [-0.15, -0.1) is 0 Å². The summed E-state index contributed by atoms with van der Waals surface area (Å²) in [6, 6.07) is 29.3. The number of carboxylic acids is 1. The van der Waals surface area contributed by atoms with E-state index in [9.17, 15) is 9.90 Å². The van der Waals surface area contributed by atoms with Crippen LogP contribution in [-0.4, -0.2) is 32.9 Å². The molecule has 0 amide bonds. The quantitative estimate of drug-likeness (QED) is 0.283. The molecule has 1 heterocycles. The fourth-order valence-electron chi connectivity index (χ4n) is 5.00. The molecule has 0 unspecified atom stereocenters. The number of fused-ring (bicyclic) bond motifs is 2. The van der Waals surface area contributed by atoms with Crippen LogP contribution in [0.15, 0.2) is 84.9 Å². The van der Waals surface area contributed by atoms with Crippen LogP contribution in [-0.2, 0) is 0 Å². The maximum atomic E-state index is 11.8. The summed E-state index contributed by atoms with van der Waals surface area (Å²) in [5, 5.41) is 13.3. The number of aryl methyl sites for hydroxylation is 1. The predicted molar refractivity (Wildman–Crippen MR) is 138 cm³/mol. The number of hydrogen-bond donors (Lipinski definition) is 1. The van der Waals surface area contributed by atoms with E-state index in [1.807, 2.05) is 37.3 Å². The van der Waals surface area contributed by atoms with Gasteiger partial charge in [-0.1, -0.05) is 0 Å². The van der Waals surface area contributed by atoms with Gasteiger partial charge in [0, 0.05) is 0 Å². The van der Waals surface area contributed by atoms with Crippen molar-refractivity contribution in [3.63, 3.8) is 0 Å². The molecular formula is C30H28AsO3. The number of benzene rings is 4. The first-order chi connectivity index (χ1) is 16.5. The van der Waals surface area contributed by atoms with Crippen LogP contribution in [0.2, 0.25) is 5.21 Å². The summed E-state index contributed by atoms with van der Waals surface area (Å²) in [6.07, 6.45) is 1.00. The summed E-state index contributed by atoms with van der Waals surface area (Å²) in [4.78, 5) is 11.8. The average Bonchev–Trinajstić information content (AvgIpc) is 2.86. The van der Waals surface area contributed by atoms with Crippen molar-refractivity contribution in [1.82, 2.24) is 0 Å². The second-order valence-electron chi connectivity index (χ2n) is 9.05. The van der Waals surface area contributed by atoms with Crippen molar-refractivity contribution in [3.8, 4) is 5.75 Å². The first-order valence-electron chi connectivity index (χ1n) is 11.7. The van der Waals surface area contributed by atoms with Gasteiger partial charge in [0.05, 0.1) is 0 Å². The fourth-order valence-corrected chi connectivity index (χ4v) is 7.51. The monoisotopic (exact) mass is 511 g/mol. The number of rotatable bonds is 6. The van der Waals surface area contributed by atoms with E-state index in [-0.39, 0.29) is 27.8 Å². The van der Waals surface area contributed by atoms with Gasteiger partial charge in [-0.2, -0.15) is 0 Å². The van der Waals surface area contributed by atoms with Crippen molar-refractivity contribution in [2.45, 2.75) is 42.2 Å². The van der Waals surface area contributed by atoms with Crippen LogP contribution in [0.4, 0.5) is 0 Å². The summed E-state index contributed by atoms with van der Waals surface area (Å²) >= 11 is 0.0345. The summed E-state index contributed by atoms with van der Waals surface area (Å²) in [5.74, 6) is 0.202. The van der Waals surface area contributed by atoms with Gasteiger partial charge in [-0.25, -0.2) is 0 Å². The van der Waals surface area contributed by atoms with Crippen LogP contribution >= 0.6 is 0 Å². The van der Waals surface area contributed by atoms with E-state index in [2.05, 4.69) is 61.5 Å². The van der Waals surface area contributed by atoms with E-state index < -0.39 is 5.97 Å². The topological polar surface area (TPSA) is 46.5 Å². The maximum absolute atomic E-state index is 11.8. The molecule has 1 N–H and O–H groups in total. The molecule has 0 saturated heterocycles. The molecule has 1 radical (unpaired) electrons. The molecule has 0 aliphatic carbocycles.